The summed E-state index contributed by atoms with van der Waals surface area (Å²) in [7, 11) is 1.70. The van der Waals surface area contributed by atoms with E-state index in [0.29, 0.717) is 29.7 Å². The summed E-state index contributed by atoms with van der Waals surface area (Å²) in [4.78, 5) is 40.1. The zero-order valence-electron chi connectivity index (χ0n) is 16.7. The van der Waals surface area contributed by atoms with Crippen LogP contribution >= 0.6 is 0 Å². The molecule has 31 heavy (non-hydrogen) atoms. The van der Waals surface area contributed by atoms with Crippen molar-refractivity contribution in [2.24, 2.45) is 0 Å². The smallest absolute Gasteiger partial charge is 0.449 e. The van der Waals surface area contributed by atoms with Crippen LogP contribution in [0.3, 0.4) is 0 Å². The number of carbonyl (C=O) groups is 2. The average molecular weight is 425 g/mol. The van der Waals surface area contributed by atoms with Gasteiger partial charge < -0.3 is 14.7 Å². The number of aromatic nitrogens is 1. The Hall–Kier alpha value is -3.72. The van der Waals surface area contributed by atoms with E-state index in [9.17, 15) is 18.8 Å². The van der Waals surface area contributed by atoms with Gasteiger partial charge in [-0.1, -0.05) is 18.2 Å². The van der Waals surface area contributed by atoms with Crippen molar-refractivity contribution in [3.8, 4) is 5.75 Å². The highest BCUT2D eigenvalue weighted by atomic mass is 19.1. The molecule has 4 rings (SSSR count). The van der Waals surface area contributed by atoms with Crippen LogP contribution in [0.4, 0.5) is 9.18 Å². The second-order valence-electron chi connectivity index (χ2n) is 7.35. The molecule has 1 aliphatic heterocycles. The SMILES string of the molecule is CN1CCN(Cc2cc(OC(=O)O)c(=O)n3ccccc23)C(c2cccc(F)c2)C1=O. The van der Waals surface area contributed by atoms with Gasteiger partial charge in [-0.15, -0.1) is 0 Å². The Labute approximate surface area is 176 Å². The van der Waals surface area contributed by atoms with Crippen molar-refractivity contribution in [2.45, 2.75) is 12.6 Å². The van der Waals surface area contributed by atoms with Crippen LogP contribution in [0.2, 0.25) is 0 Å². The largest absolute Gasteiger partial charge is 0.511 e. The van der Waals surface area contributed by atoms with Gasteiger partial charge in [0.15, 0.2) is 5.75 Å². The predicted octanol–water partition coefficient (Wildman–Crippen LogP) is 2.51. The Morgan fingerprint density at radius 2 is 1.97 bits per heavy atom. The van der Waals surface area contributed by atoms with E-state index in [0.717, 1.165) is 0 Å². The monoisotopic (exact) mass is 425 g/mol. The van der Waals surface area contributed by atoms with Crippen molar-refractivity contribution in [3.05, 3.63) is 82.0 Å². The standard InChI is InChI=1S/C22H20FN3O5/c1-24-9-10-25(19(21(24)28)14-5-4-6-16(23)11-14)13-15-12-18(31-22(29)30)20(27)26-8-3-2-7-17(15)26/h2-8,11-12,19H,9-10,13H2,1H3,(H,29,30). The fourth-order valence-corrected chi connectivity index (χ4v) is 3.89. The van der Waals surface area contributed by atoms with Gasteiger partial charge in [-0.3, -0.25) is 18.9 Å². The molecule has 1 N–H and O–H groups in total. The molecule has 160 valence electrons. The van der Waals surface area contributed by atoms with Crippen LogP contribution in [0.15, 0.2) is 59.5 Å². The van der Waals surface area contributed by atoms with Gasteiger partial charge >= 0.3 is 6.16 Å². The maximum Gasteiger partial charge on any atom is 0.511 e. The number of rotatable bonds is 4. The topological polar surface area (TPSA) is 91.6 Å². The number of halogens is 1. The number of fused-ring (bicyclic) bond motifs is 1. The van der Waals surface area contributed by atoms with Gasteiger partial charge in [-0.25, -0.2) is 9.18 Å². The molecular formula is C22H20FN3O5. The second kappa shape index (κ2) is 8.19. The molecule has 3 heterocycles. The first-order valence-corrected chi connectivity index (χ1v) is 9.63. The molecule has 1 amide bonds. The summed E-state index contributed by atoms with van der Waals surface area (Å²) >= 11 is 0. The highest BCUT2D eigenvalue weighted by Gasteiger charge is 2.35. The number of carbonyl (C=O) groups excluding carboxylic acids is 1. The summed E-state index contributed by atoms with van der Waals surface area (Å²) in [6.45, 7) is 1.22. The number of piperazine rings is 1. The quantitative estimate of drug-likeness (QED) is 0.646. The second-order valence-corrected chi connectivity index (χ2v) is 7.35. The van der Waals surface area contributed by atoms with Crippen LogP contribution < -0.4 is 10.3 Å². The summed E-state index contributed by atoms with van der Waals surface area (Å²) < 4.78 is 19.9. The molecular weight excluding hydrogens is 405 g/mol. The predicted molar refractivity (Wildman–Crippen MR) is 110 cm³/mol. The number of amides is 1. The van der Waals surface area contributed by atoms with E-state index in [2.05, 4.69) is 4.74 Å². The Bertz CT molecular complexity index is 1230. The molecule has 0 aliphatic carbocycles. The van der Waals surface area contributed by atoms with E-state index >= 15 is 0 Å². The Balaban J connectivity index is 1.79. The first-order chi connectivity index (χ1) is 14.8. The summed E-state index contributed by atoms with van der Waals surface area (Å²) in [5.41, 5.74) is 1.10. The lowest BCUT2D eigenvalue weighted by Crippen LogP contribution is -2.50. The molecule has 1 aromatic carbocycles. The van der Waals surface area contributed by atoms with E-state index in [1.807, 2.05) is 4.90 Å². The third-order valence-corrected chi connectivity index (χ3v) is 5.36. The lowest BCUT2D eigenvalue weighted by molar-refractivity contribution is -0.140. The molecule has 0 spiro atoms. The van der Waals surface area contributed by atoms with Crippen LogP contribution in [0, 0.1) is 5.82 Å². The van der Waals surface area contributed by atoms with E-state index in [4.69, 9.17) is 5.11 Å². The van der Waals surface area contributed by atoms with Gasteiger partial charge in [0, 0.05) is 32.9 Å². The summed E-state index contributed by atoms with van der Waals surface area (Å²) in [6, 6.07) is 11.7. The van der Waals surface area contributed by atoms with Gasteiger partial charge in [-0.2, -0.15) is 0 Å². The maximum atomic E-state index is 13.9. The highest BCUT2D eigenvalue weighted by molar-refractivity contribution is 5.84. The molecule has 0 saturated carbocycles. The van der Waals surface area contributed by atoms with Gasteiger partial charge in [0.1, 0.15) is 11.9 Å². The number of hydrogen-bond acceptors (Lipinski definition) is 5. The van der Waals surface area contributed by atoms with E-state index in [1.54, 1.807) is 42.3 Å². The third kappa shape index (κ3) is 3.99. The number of ether oxygens (including phenoxy) is 1. The lowest BCUT2D eigenvalue weighted by Gasteiger charge is -2.39. The molecule has 1 aliphatic rings. The van der Waals surface area contributed by atoms with Gasteiger partial charge in [0.25, 0.3) is 5.56 Å². The van der Waals surface area contributed by atoms with Gasteiger partial charge in [0.05, 0.1) is 5.52 Å². The molecule has 8 nitrogen and oxygen atoms in total. The normalized spacial score (nSPS) is 17.2. The zero-order chi connectivity index (χ0) is 22.1. The fraction of sp³-hybridized carbons (Fsp3) is 0.227. The van der Waals surface area contributed by atoms with Crippen molar-refractivity contribution < 1.29 is 23.8 Å². The van der Waals surface area contributed by atoms with Gasteiger partial charge in [0.2, 0.25) is 5.91 Å². The number of pyridine rings is 2. The Kier molecular flexibility index (Phi) is 5.43. The molecule has 0 bridgehead atoms. The maximum absolute atomic E-state index is 13.9. The molecule has 9 heteroatoms. The zero-order valence-corrected chi connectivity index (χ0v) is 16.7. The van der Waals surface area contributed by atoms with E-state index < -0.39 is 23.6 Å². The van der Waals surface area contributed by atoms with Crippen LogP contribution in [0.5, 0.6) is 5.75 Å². The molecule has 0 radical (unpaired) electrons. The first kappa shape index (κ1) is 20.5. The molecule has 3 aromatic rings. The number of hydrogen-bond donors (Lipinski definition) is 1. The van der Waals surface area contributed by atoms with Gasteiger partial charge in [-0.05, 0) is 41.5 Å². The van der Waals surface area contributed by atoms with E-state index in [-0.39, 0.29) is 18.2 Å². The lowest BCUT2D eigenvalue weighted by atomic mass is 10.0. The Morgan fingerprint density at radius 1 is 1.16 bits per heavy atom. The fourth-order valence-electron chi connectivity index (χ4n) is 3.89. The molecule has 1 atom stereocenters. The van der Waals surface area contributed by atoms with Crippen LogP contribution in [-0.4, -0.2) is 51.5 Å². The molecule has 1 saturated heterocycles. The average Bonchev–Trinajstić information content (AvgIpc) is 2.74. The molecule has 1 fully saturated rings. The number of likely N-dealkylation sites (N-methyl/N-ethyl adjacent to an activating group) is 1. The number of nitrogens with zero attached hydrogens (tertiary/aromatic N) is 3. The summed E-state index contributed by atoms with van der Waals surface area (Å²) in [5.74, 6) is -0.933. The van der Waals surface area contributed by atoms with Crippen LogP contribution in [0.1, 0.15) is 17.2 Å². The van der Waals surface area contributed by atoms with E-state index in [1.165, 1.54) is 28.8 Å². The van der Waals surface area contributed by atoms with Crippen molar-refractivity contribution in [2.75, 3.05) is 20.1 Å². The highest BCUT2D eigenvalue weighted by Crippen LogP contribution is 2.29. The van der Waals surface area contributed by atoms with Crippen LogP contribution in [0.25, 0.3) is 5.52 Å². The summed E-state index contributed by atoms with van der Waals surface area (Å²) in [5, 5.41) is 8.99. The number of benzene rings is 1. The van der Waals surface area contributed by atoms with Crippen molar-refractivity contribution in [1.29, 1.82) is 0 Å². The van der Waals surface area contributed by atoms with Crippen LogP contribution in [-0.2, 0) is 11.3 Å². The van der Waals surface area contributed by atoms with Crippen molar-refractivity contribution >= 4 is 17.6 Å². The molecule has 1 unspecified atom stereocenters. The summed E-state index contributed by atoms with van der Waals surface area (Å²) in [6.07, 6.45) is -0.0685. The minimum Gasteiger partial charge on any atom is -0.449 e. The Morgan fingerprint density at radius 3 is 2.71 bits per heavy atom. The third-order valence-electron chi connectivity index (χ3n) is 5.36. The van der Waals surface area contributed by atoms with Crippen molar-refractivity contribution in [1.82, 2.24) is 14.2 Å². The first-order valence-electron chi connectivity index (χ1n) is 9.63. The number of carboxylic acid groups (broad SMARTS) is 1. The minimum atomic E-state index is -1.59. The van der Waals surface area contributed by atoms with Crippen molar-refractivity contribution in [3.63, 3.8) is 0 Å². The minimum absolute atomic E-state index is 0.170. The molecule has 2 aromatic heterocycles.